The molecule has 0 aliphatic rings. The second kappa shape index (κ2) is 20.1. The Hall–Kier alpha value is -0.170. The number of rotatable bonds is 18. The molecule has 0 amide bonds. The van der Waals surface area contributed by atoms with Crippen molar-refractivity contribution < 1.29 is 23.4 Å². The summed E-state index contributed by atoms with van der Waals surface area (Å²) in [5.74, 6) is 0. The lowest BCUT2D eigenvalue weighted by Gasteiger charge is -2.30. The van der Waals surface area contributed by atoms with Gasteiger partial charge in [-0.25, -0.2) is 0 Å². The van der Waals surface area contributed by atoms with Crippen LogP contribution in [0.25, 0.3) is 0 Å². The highest BCUT2D eigenvalue weighted by atomic mass is 32.3. The Morgan fingerprint density at radius 1 is 0.571 bits per heavy atom. The zero-order chi connectivity index (χ0) is 21.7. The van der Waals surface area contributed by atoms with Gasteiger partial charge in [0.2, 0.25) is 0 Å². The first-order chi connectivity index (χ1) is 13.1. The molecule has 0 aromatic rings. The molecule has 0 heterocycles. The Labute approximate surface area is 177 Å². The van der Waals surface area contributed by atoms with E-state index in [2.05, 4.69) is 27.9 Å². The van der Waals surface area contributed by atoms with Crippen molar-refractivity contribution in [3.8, 4) is 0 Å². The van der Waals surface area contributed by atoms with Crippen LogP contribution in [0.3, 0.4) is 0 Å². The molecule has 0 bridgehead atoms. The van der Waals surface area contributed by atoms with Crippen molar-refractivity contribution in [1.29, 1.82) is 0 Å². The molecule has 28 heavy (non-hydrogen) atoms. The zero-order valence-corrected chi connectivity index (χ0v) is 20.0. The zero-order valence-electron chi connectivity index (χ0n) is 20.2. The van der Waals surface area contributed by atoms with E-state index in [-0.39, 0.29) is 1.43 Å². The summed E-state index contributed by atoms with van der Waals surface area (Å²) in [7, 11) is -0.306. The molecule has 0 N–H and O–H groups in total. The standard InChI is InChI=1S/C22H48N.H2O4S/c1-5-7-9-11-13-14-15-16-18-20-22-23(3,4)21-19-17-12-10-8-6-2;1-5(2,3)4/h5-22H2,1-4H3;(H2,1,2,3,4)/q+1;/p-1. The van der Waals surface area contributed by atoms with Gasteiger partial charge >= 0.3 is 1.43 Å². The second-order valence-electron chi connectivity index (χ2n) is 8.74. The molecule has 6 heteroatoms. The number of hydrogen-bond donors (Lipinski definition) is 0. The normalized spacial score (nSPS) is 11.9. The predicted molar refractivity (Wildman–Crippen MR) is 119 cm³/mol. The highest BCUT2D eigenvalue weighted by molar-refractivity contribution is 7.79. The molecule has 172 valence electrons. The summed E-state index contributed by atoms with van der Waals surface area (Å²) in [5.41, 5.74) is 0. The fourth-order valence-corrected chi connectivity index (χ4v) is 3.46. The summed E-state index contributed by atoms with van der Waals surface area (Å²) in [6.07, 6.45) is 23.0. The Bertz CT molecular complexity index is 409. The van der Waals surface area contributed by atoms with Crippen LogP contribution in [0.5, 0.6) is 0 Å². The minimum atomic E-state index is -5.17. The van der Waals surface area contributed by atoms with E-state index in [0.717, 1.165) is 0 Å². The van der Waals surface area contributed by atoms with E-state index in [9.17, 15) is 0 Å². The third-order valence-corrected chi connectivity index (χ3v) is 5.23. The molecular weight excluding hydrogens is 374 g/mol. The first-order valence-corrected chi connectivity index (χ1v) is 12.9. The van der Waals surface area contributed by atoms with Gasteiger partial charge in [0.25, 0.3) is 0 Å². The summed E-state index contributed by atoms with van der Waals surface area (Å²) in [5, 5.41) is 0. The minimum Gasteiger partial charge on any atom is -0.759 e. The van der Waals surface area contributed by atoms with Gasteiger partial charge in [-0.2, -0.15) is 0 Å². The van der Waals surface area contributed by atoms with Crippen molar-refractivity contribution in [2.75, 3.05) is 27.2 Å². The number of hydrogen-bond acceptors (Lipinski definition) is 4. The summed E-state index contributed by atoms with van der Waals surface area (Å²) < 4.78 is 35.3. The van der Waals surface area contributed by atoms with Crippen LogP contribution < -0.4 is 0 Å². The van der Waals surface area contributed by atoms with Crippen LogP contribution in [0, 0.1) is 0 Å². The first-order valence-electron chi connectivity index (χ1n) is 11.6. The SMILES string of the molecule is CCCCCCCCCCCC[N+](C)(C)CCCCCCCC.O=S(=O)([O-])[O-].[H+]. The number of nitrogens with zero attached hydrogens (tertiary/aromatic N) is 1. The van der Waals surface area contributed by atoms with Gasteiger partial charge in [-0.15, -0.1) is 0 Å². The van der Waals surface area contributed by atoms with Crippen LogP contribution in [0.2, 0.25) is 0 Å². The molecule has 0 aliphatic heterocycles. The fourth-order valence-electron chi connectivity index (χ4n) is 3.46. The fraction of sp³-hybridized carbons (Fsp3) is 1.00. The molecule has 0 atom stereocenters. The van der Waals surface area contributed by atoms with Gasteiger partial charge < -0.3 is 13.6 Å². The monoisotopic (exact) mass is 423 g/mol. The van der Waals surface area contributed by atoms with E-state index in [0.29, 0.717) is 0 Å². The van der Waals surface area contributed by atoms with Gasteiger partial charge in [0, 0.05) is 10.4 Å². The van der Waals surface area contributed by atoms with Gasteiger partial charge in [-0.3, -0.25) is 8.42 Å². The third kappa shape index (κ3) is 33.4. The molecule has 5 nitrogen and oxygen atoms in total. The van der Waals surface area contributed by atoms with Crippen LogP contribution in [-0.2, 0) is 10.4 Å². The van der Waals surface area contributed by atoms with Crippen molar-refractivity contribution in [2.24, 2.45) is 0 Å². The summed E-state index contributed by atoms with van der Waals surface area (Å²) in [6, 6.07) is 0. The van der Waals surface area contributed by atoms with Gasteiger partial charge in [0.05, 0.1) is 27.2 Å². The van der Waals surface area contributed by atoms with Gasteiger partial charge in [-0.1, -0.05) is 90.9 Å². The quantitative estimate of drug-likeness (QED) is 0.115. The van der Waals surface area contributed by atoms with Crippen molar-refractivity contribution in [3.05, 3.63) is 0 Å². The Morgan fingerprint density at radius 3 is 1.04 bits per heavy atom. The van der Waals surface area contributed by atoms with Gasteiger partial charge in [-0.05, 0) is 25.7 Å². The lowest BCUT2D eigenvalue weighted by molar-refractivity contribution is -0.890. The van der Waals surface area contributed by atoms with E-state index in [1.54, 1.807) is 0 Å². The Balaban J connectivity index is -0.000000997. The second-order valence-corrected chi connectivity index (χ2v) is 9.56. The minimum absolute atomic E-state index is 0. The van der Waals surface area contributed by atoms with Crippen LogP contribution in [-0.4, -0.2) is 49.2 Å². The first kappa shape index (κ1) is 30.0. The Morgan fingerprint density at radius 2 is 0.786 bits per heavy atom. The summed E-state index contributed by atoms with van der Waals surface area (Å²) >= 11 is 0. The molecule has 0 saturated carbocycles. The lowest BCUT2D eigenvalue weighted by atomic mass is 10.1. The van der Waals surface area contributed by atoms with Gasteiger partial charge in [0.15, 0.2) is 0 Å². The molecule has 0 saturated heterocycles. The maximum atomic E-state index is 8.52. The molecule has 0 fully saturated rings. The molecule has 0 aliphatic carbocycles. The van der Waals surface area contributed by atoms with E-state index in [4.69, 9.17) is 17.5 Å². The van der Waals surface area contributed by atoms with Crippen molar-refractivity contribution in [2.45, 2.75) is 117 Å². The molecule has 0 unspecified atom stereocenters. The molecule has 0 aromatic carbocycles. The van der Waals surface area contributed by atoms with Crippen molar-refractivity contribution in [3.63, 3.8) is 0 Å². The van der Waals surface area contributed by atoms with E-state index in [1.165, 1.54) is 120 Å². The molecule has 0 radical (unpaired) electrons. The topological polar surface area (TPSA) is 80.3 Å². The van der Waals surface area contributed by atoms with Gasteiger partial charge in [0.1, 0.15) is 0 Å². The summed E-state index contributed by atoms with van der Waals surface area (Å²) in [4.78, 5) is 0. The van der Waals surface area contributed by atoms with Crippen LogP contribution in [0.4, 0.5) is 0 Å². The molecule has 0 aromatic heterocycles. The van der Waals surface area contributed by atoms with Crippen LogP contribution in [0.1, 0.15) is 118 Å². The highest BCUT2D eigenvalue weighted by Crippen LogP contribution is 2.13. The summed E-state index contributed by atoms with van der Waals surface area (Å²) in [6.45, 7) is 7.36. The average Bonchev–Trinajstić information content (AvgIpc) is 2.58. The van der Waals surface area contributed by atoms with E-state index < -0.39 is 10.4 Å². The molecular formula is C22H49NO4S. The van der Waals surface area contributed by atoms with E-state index >= 15 is 0 Å². The Kier molecular flexibility index (Phi) is 21.6. The molecule has 0 spiro atoms. The predicted octanol–water partition coefficient (Wildman–Crippen LogP) is 6.12. The van der Waals surface area contributed by atoms with Crippen molar-refractivity contribution >= 4 is 10.4 Å². The van der Waals surface area contributed by atoms with E-state index in [1.807, 2.05) is 0 Å². The van der Waals surface area contributed by atoms with Crippen LogP contribution in [0.15, 0.2) is 0 Å². The maximum absolute atomic E-state index is 8.52. The lowest BCUT2D eigenvalue weighted by Crippen LogP contribution is -2.41. The maximum Gasteiger partial charge on any atom is 1.00 e. The number of unbranched alkanes of at least 4 members (excludes halogenated alkanes) is 14. The third-order valence-electron chi connectivity index (χ3n) is 5.23. The highest BCUT2D eigenvalue weighted by Gasteiger charge is 2.13. The molecule has 0 rings (SSSR count). The largest absolute Gasteiger partial charge is 1.00 e. The smallest absolute Gasteiger partial charge is 0.759 e. The van der Waals surface area contributed by atoms with Crippen molar-refractivity contribution in [1.82, 2.24) is 0 Å². The average molecular weight is 424 g/mol. The van der Waals surface area contributed by atoms with Crippen LogP contribution >= 0.6 is 0 Å². The number of quaternary nitrogens is 1.